The van der Waals surface area contributed by atoms with Gasteiger partial charge in [-0.05, 0) is 55.7 Å². The van der Waals surface area contributed by atoms with Crippen LogP contribution < -0.4 is 10.1 Å². The largest absolute Gasteiger partial charge is 0.478 e. The molecule has 0 radical (unpaired) electrons. The Kier molecular flexibility index (Phi) is 4.82. The maximum absolute atomic E-state index is 12.3. The van der Waals surface area contributed by atoms with Gasteiger partial charge >= 0.3 is 0 Å². The first-order valence-electron chi connectivity index (χ1n) is 10.5. The summed E-state index contributed by atoms with van der Waals surface area (Å²) >= 11 is 6.24. The highest BCUT2D eigenvalue weighted by Crippen LogP contribution is 2.37. The molecule has 0 bridgehead atoms. The summed E-state index contributed by atoms with van der Waals surface area (Å²) in [5, 5.41) is 13.6. The number of hydrogen-bond acceptors (Lipinski definition) is 5. The number of carbonyl (C=O) groups excluding carboxylic acids is 1. The summed E-state index contributed by atoms with van der Waals surface area (Å²) in [7, 11) is 0. The van der Waals surface area contributed by atoms with Gasteiger partial charge in [-0.1, -0.05) is 25.4 Å². The molecule has 2 aromatic carbocycles. The van der Waals surface area contributed by atoms with Crippen molar-refractivity contribution in [3.63, 3.8) is 0 Å². The highest BCUT2D eigenvalue weighted by Gasteiger charge is 2.30. The number of fused-ring (bicyclic) bond motifs is 3. The topological polar surface area (TPSA) is 76.2 Å². The minimum Gasteiger partial charge on any atom is -0.478 e. The maximum atomic E-state index is 12.3. The summed E-state index contributed by atoms with van der Waals surface area (Å²) in [6, 6.07) is 9.52. The maximum Gasteiger partial charge on any atom is 0.265 e. The lowest BCUT2D eigenvalue weighted by Gasteiger charge is -2.26. The van der Waals surface area contributed by atoms with Crippen molar-refractivity contribution in [2.24, 2.45) is 10.2 Å². The monoisotopic (exact) mass is 435 g/mol. The first-order valence-corrected chi connectivity index (χ1v) is 10.8. The van der Waals surface area contributed by atoms with E-state index in [2.05, 4.69) is 22.4 Å². The second kappa shape index (κ2) is 7.54. The summed E-state index contributed by atoms with van der Waals surface area (Å²) in [5.41, 5.74) is 5.92. The standard InChI is InChI=1S/C24H22ClN3O3/c1-4-15-17-10-14(25)6-7-20(17)31-23(15)22-16-11-21-18(26-24(29)19(5-2)30-21)9-13(16)8-12(3)27-28-22/h6-7,9-11,19H,4-5,8H2,1-3H3,(H,26,29). The van der Waals surface area contributed by atoms with Crippen LogP contribution in [0.15, 0.2) is 45.0 Å². The molecule has 3 heterocycles. The lowest BCUT2D eigenvalue weighted by atomic mass is 9.94. The molecule has 2 aliphatic rings. The van der Waals surface area contributed by atoms with Gasteiger partial charge in [0.2, 0.25) is 0 Å². The number of furan rings is 1. The molecular formula is C24H22ClN3O3. The van der Waals surface area contributed by atoms with Crippen LogP contribution in [0.4, 0.5) is 5.69 Å². The molecule has 3 aromatic rings. The number of hydrogen-bond donors (Lipinski definition) is 1. The molecule has 0 saturated carbocycles. The van der Waals surface area contributed by atoms with Gasteiger partial charge in [-0.25, -0.2) is 0 Å². The molecule has 1 atom stereocenters. The van der Waals surface area contributed by atoms with Crippen molar-refractivity contribution in [1.82, 2.24) is 0 Å². The second-order valence-electron chi connectivity index (χ2n) is 7.87. The van der Waals surface area contributed by atoms with Gasteiger partial charge in [-0.3, -0.25) is 4.79 Å². The van der Waals surface area contributed by atoms with E-state index in [1.807, 2.05) is 44.2 Å². The van der Waals surface area contributed by atoms with Gasteiger partial charge in [-0.2, -0.15) is 5.10 Å². The van der Waals surface area contributed by atoms with Crippen LogP contribution in [0, 0.1) is 0 Å². The highest BCUT2D eigenvalue weighted by atomic mass is 35.5. The van der Waals surface area contributed by atoms with Crippen molar-refractivity contribution >= 4 is 45.6 Å². The predicted molar refractivity (Wildman–Crippen MR) is 123 cm³/mol. The van der Waals surface area contributed by atoms with E-state index in [0.717, 1.165) is 39.8 Å². The summed E-state index contributed by atoms with van der Waals surface area (Å²) in [6.07, 6.45) is 1.47. The van der Waals surface area contributed by atoms with Crippen LogP contribution in [0.1, 0.15) is 49.6 Å². The molecule has 6 nitrogen and oxygen atoms in total. The van der Waals surface area contributed by atoms with E-state index in [4.69, 9.17) is 20.8 Å². The van der Waals surface area contributed by atoms with Gasteiger partial charge in [0.05, 0.1) is 5.69 Å². The fourth-order valence-electron chi connectivity index (χ4n) is 4.21. The van der Waals surface area contributed by atoms with Crippen LogP contribution in [-0.2, 0) is 17.6 Å². The molecular weight excluding hydrogens is 414 g/mol. The van der Waals surface area contributed by atoms with E-state index < -0.39 is 6.10 Å². The number of benzene rings is 2. The van der Waals surface area contributed by atoms with Crippen molar-refractivity contribution in [2.75, 3.05) is 5.32 Å². The Morgan fingerprint density at radius 3 is 2.81 bits per heavy atom. The number of rotatable bonds is 3. The molecule has 1 unspecified atom stereocenters. The predicted octanol–water partition coefficient (Wildman–Crippen LogP) is 5.53. The SMILES string of the molecule is CCc1c(C2=NN=C(C)Cc3cc4c(cc32)OC(CC)C(=O)N4)oc2ccc(Cl)cc12. The van der Waals surface area contributed by atoms with Crippen LogP contribution >= 0.6 is 11.6 Å². The third kappa shape index (κ3) is 3.31. The summed E-state index contributed by atoms with van der Waals surface area (Å²) in [6.45, 7) is 5.95. The van der Waals surface area contributed by atoms with E-state index in [0.29, 0.717) is 40.8 Å². The normalized spacial score (nSPS) is 17.8. The van der Waals surface area contributed by atoms with Crippen molar-refractivity contribution in [3.8, 4) is 5.75 Å². The Bertz CT molecular complexity index is 1290. The third-order valence-electron chi connectivity index (χ3n) is 5.74. The molecule has 7 heteroatoms. The van der Waals surface area contributed by atoms with Crippen LogP contribution in [-0.4, -0.2) is 23.4 Å². The number of nitrogens with zero attached hydrogens (tertiary/aromatic N) is 2. The molecule has 31 heavy (non-hydrogen) atoms. The summed E-state index contributed by atoms with van der Waals surface area (Å²) in [5.74, 6) is 1.20. The average Bonchev–Trinajstić information content (AvgIpc) is 3.02. The van der Waals surface area contributed by atoms with E-state index in [1.165, 1.54) is 0 Å². The lowest BCUT2D eigenvalue weighted by molar-refractivity contribution is -0.123. The number of amides is 1. The van der Waals surface area contributed by atoms with Crippen LogP contribution in [0.3, 0.4) is 0 Å². The molecule has 1 aromatic heterocycles. The fraction of sp³-hybridized carbons (Fsp3) is 0.292. The summed E-state index contributed by atoms with van der Waals surface area (Å²) in [4.78, 5) is 12.3. The van der Waals surface area contributed by atoms with Gasteiger partial charge in [0.25, 0.3) is 5.91 Å². The second-order valence-corrected chi connectivity index (χ2v) is 8.31. The molecule has 1 N–H and O–H groups in total. The number of aryl methyl sites for hydroxylation is 1. The van der Waals surface area contributed by atoms with Crippen molar-refractivity contribution < 1.29 is 13.9 Å². The van der Waals surface area contributed by atoms with Gasteiger partial charge in [0.1, 0.15) is 17.0 Å². The zero-order valence-corrected chi connectivity index (χ0v) is 18.3. The minimum atomic E-state index is -0.505. The summed E-state index contributed by atoms with van der Waals surface area (Å²) < 4.78 is 12.3. The average molecular weight is 436 g/mol. The number of halogens is 1. The molecule has 1 amide bonds. The highest BCUT2D eigenvalue weighted by molar-refractivity contribution is 6.31. The molecule has 5 rings (SSSR count). The zero-order chi connectivity index (χ0) is 21.7. The Hall–Kier alpha value is -3.12. The van der Waals surface area contributed by atoms with Gasteiger partial charge in [0, 0.05) is 33.7 Å². The van der Waals surface area contributed by atoms with Gasteiger partial charge < -0.3 is 14.5 Å². The van der Waals surface area contributed by atoms with Gasteiger partial charge in [-0.15, -0.1) is 5.10 Å². The van der Waals surface area contributed by atoms with Crippen LogP contribution in [0.5, 0.6) is 5.75 Å². The van der Waals surface area contributed by atoms with E-state index in [9.17, 15) is 4.79 Å². The van der Waals surface area contributed by atoms with E-state index in [1.54, 1.807) is 0 Å². The Morgan fingerprint density at radius 2 is 2.03 bits per heavy atom. The number of anilines is 1. The molecule has 2 aliphatic heterocycles. The molecule has 0 saturated heterocycles. The molecule has 0 spiro atoms. The molecule has 0 aliphatic carbocycles. The molecule has 0 fully saturated rings. The van der Waals surface area contributed by atoms with Crippen molar-refractivity contribution in [1.29, 1.82) is 0 Å². The smallest absolute Gasteiger partial charge is 0.265 e. The van der Waals surface area contributed by atoms with Crippen LogP contribution in [0.2, 0.25) is 5.02 Å². The first-order chi connectivity index (χ1) is 15.0. The Morgan fingerprint density at radius 1 is 1.19 bits per heavy atom. The first kappa shape index (κ1) is 19.8. The molecule has 158 valence electrons. The quantitative estimate of drug-likeness (QED) is 0.587. The Labute approximate surface area is 184 Å². The number of nitrogens with one attached hydrogen (secondary N) is 1. The number of carbonyl (C=O) groups is 1. The minimum absolute atomic E-state index is 0.120. The fourth-order valence-corrected chi connectivity index (χ4v) is 4.38. The lowest BCUT2D eigenvalue weighted by Crippen LogP contribution is -2.36. The van der Waals surface area contributed by atoms with E-state index >= 15 is 0 Å². The van der Waals surface area contributed by atoms with Crippen LogP contribution in [0.25, 0.3) is 11.0 Å². The number of ether oxygens (including phenoxy) is 1. The third-order valence-corrected chi connectivity index (χ3v) is 5.97. The van der Waals surface area contributed by atoms with Crippen molar-refractivity contribution in [2.45, 2.75) is 46.1 Å². The zero-order valence-electron chi connectivity index (χ0n) is 17.6. The van der Waals surface area contributed by atoms with E-state index in [-0.39, 0.29) is 5.91 Å². The van der Waals surface area contributed by atoms with Gasteiger partial charge in [0.15, 0.2) is 11.9 Å². The Balaban J connectivity index is 1.72. The van der Waals surface area contributed by atoms with Crippen molar-refractivity contribution in [3.05, 3.63) is 57.8 Å².